The van der Waals surface area contributed by atoms with Gasteiger partial charge in [-0.05, 0) is 30.3 Å². The summed E-state index contributed by atoms with van der Waals surface area (Å²) >= 11 is 0. The minimum Gasteiger partial charge on any atom is -0.486 e. The zero-order valence-electron chi connectivity index (χ0n) is 11.3. The first-order valence-corrected chi connectivity index (χ1v) is 6.53. The molecule has 0 radical (unpaired) electrons. The molecule has 4 heteroatoms. The van der Waals surface area contributed by atoms with Crippen molar-refractivity contribution in [3.8, 4) is 11.8 Å². The zero-order valence-corrected chi connectivity index (χ0v) is 11.3. The van der Waals surface area contributed by atoms with Crippen LogP contribution in [-0.2, 0) is 6.61 Å². The Bertz CT molecular complexity index is 837. The normalized spacial score (nSPS) is 10.2. The Kier molecular flexibility index (Phi) is 3.40. The first-order chi connectivity index (χ1) is 10.3. The van der Waals surface area contributed by atoms with E-state index < -0.39 is 0 Å². The van der Waals surface area contributed by atoms with E-state index in [2.05, 4.69) is 11.1 Å². The number of nitriles is 1. The van der Waals surface area contributed by atoms with Crippen molar-refractivity contribution < 1.29 is 4.74 Å². The number of nitrogens with two attached hydrogens (primary N) is 1. The van der Waals surface area contributed by atoms with Gasteiger partial charge in [-0.1, -0.05) is 24.3 Å². The number of para-hydroxylation sites is 1. The zero-order chi connectivity index (χ0) is 14.7. The summed E-state index contributed by atoms with van der Waals surface area (Å²) in [4.78, 5) is 4.53. The first kappa shape index (κ1) is 12.9. The van der Waals surface area contributed by atoms with Crippen LogP contribution in [0.3, 0.4) is 0 Å². The Morgan fingerprint density at radius 1 is 1.10 bits per heavy atom. The molecule has 3 rings (SSSR count). The smallest absolute Gasteiger partial charge is 0.137 e. The molecule has 2 aromatic carbocycles. The van der Waals surface area contributed by atoms with E-state index in [4.69, 9.17) is 15.7 Å². The number of hydrogen-bond donors (Lipinski definition) is 1. The molecule has 1 heterocycles. The Morgan fingerprint density at radius 3 is 2.81 bits per heavy atom. The maximum absolute atomic E-state index is 9.08. The van der Waals surface area contributed by atoms with Crippen molar-refractivity contribution in [3.63, 3.8) is 0 Å². The molecule has 21 heavy (non-hydrogen) atoms. The molecule has 4 nitrogen and oxygen atoms in total. The number of fused-ring (bicyclic) bond motifs is 1. The highest BCUT2D eigenvalue weighted by Crippen LogP contribution is 2.21. The quantitative estimate of drug-likeness (QED) is 0.745. The van der Waals surface area contributed by atoms with Crippen molar-refractivity contribution in [2.75, 3.05) is 5.73 Å². The molecule has 0 saturated carbocycles. The van der Waals surface area contributed by atoms with Gasteiger partial charge < -0.3 is 10.5 Å². The lowest BCUT2D eigenvalue weighted by Gasteiger charge is -2.08. The van der Waals surface area contributed by atoms with Crippen LogP contribution < -0.4 is 10.5 Å². The standard InChI is InChI=1S/C17H13N3O/c18-10-13-9-14(19)6-8-17(13)21-11-15-7-5-12-3-1-2-4-16(12)20-15/h1-9H,11,19H2. The molecule has 0 unspecified atom stereocenters. The second kappa shape index (κ2) is 5.51. The predicted molar refractivity (Wildman–Crippen MR) is 81.6 cm³/mol. The fraction of sp³-hybridized carbons (Fsp3) is 0.0588. The van der Waals surface area contributed by atoms with E-state index in [-0.39, 0.29) is 0 Å². The van der Waals surface area contributed by atoms with Crippen molar-refractivity contribution in [2.45, 2.75) is 6.61 Å². The molecule has 0 spiro atoms. The number of nitrogen functional groups attached to an aromatic ring is 1. The van der Waals surface area contributed by atoms with E-state index in [0.717, 1.165) is 16.6 Å². The summed E-state index contributed by atoms with van der Waals surface area (Å²) in [6.07, 6.45) is 0. The third-order valence-corrected chi connectivity index (χ3v) is 3.16. The molecule has 0 atom stereocenters. The number of nitrogens with zero attached hydrogens (tertiary/aromatic N) is 2. The molecule has 102 valence electrons. The van der Waals surface area contributed by atoms with Crippen molar-refractivity contribution in [3.05, 3.63) is 65.9 Å². The Labute approximate surface area is 122 Å². The van der Waals surface area contributed by atoms with Gasteiger partial charge in [0.2, 0.25) is 0 Å². The topological polar surface area (TPSA) is 71.9 Å². The molecule has 0 aliphatic rings. The van der Waals surface area contributed by atoms with Gasteiger partial charge in [0, 0.05) is 11.1 Å². The van der Waals surface area contributed by atoms with Gasteiger partial charge >= 0.3 is 0 Å². The van der Waals surface area contributed by atoms with Gasteiger partial charge in [0.05, 0.1) is 16.8 Å². The second-order valence-corrected chi connectivity index (χ2v) is 4.65. The summed E-state index contributed by atoms with van der Waals surface area (Å²) in [5, 5.41) is 10.2. The molecule has 1 aromatic heterocycles. The van der Waals surface area contributed by atoms with Gasteiger partial charge in [-0.3, -0.25) is 0 Å². The molecule has 0 bridgehead atoms. The van der Waals surface area contributed by atoms with E-state index in [0.29, 0.717) is 23.6 Å². The predicted octanol–water partition coefficient (Wildman–Crippen LogP) is 3.27. The van der Waals surface area contributed by atoms with Gasteiger partial charge in [-0.15, -0.1) is 0 Å². The second-order valence-electron chi connectivity index (χ2n) is 4.65. The van der Waals surface area contributed by atoms with Crippen LogP contribution in [-0.4, -0.2) is 4.98 Å². The van der Waals surface area contributed by atoms with Crippen LogP contribution in [0.25, 0.3) is 10.9 Å². The number of ether oxygens (including phenoxy) is 1. The summed E-state index contributed by atoms with van der Waals surface area (Å²) in [5.74, 6) is 0.515. The van der Waals surface area contributed by atoms with Gasteiger partial charge in [-0.2, -0.15) is 5.26 Å². The molecular formula is C17H13N3O. The van der Waals surface area contributed by atoms with E-state index in [1.165, 1.54) is 0 Å². The molecule has 0 amide bonds. The number of benzene rings is 2. The molecule has 3 aromatic rings. The minimum atomic E-state index is 0.309. The minimum absolute atomic E-state index is 0.309. The van der Waals surface area contributed by atoms with Crippen LogP contribution in [0.1, 0.15) is 11.3 Å². The highest BCUT2D eigenvalue weighted by molar-refractivity contribution is 5.78. The van der Waals surface area contributed by atoms with Gasteiger partial charge in [0.1, 0.15) is 18.4 Å². The van der Waals surface area contributed by atoms with Crippen LogP contribution in [0.15, 0.2) is 54.6 Å². The number of pyridine rings is 1. The molecule has 2 N–H and O–H groups in total. The maximum Gasteiger partial charge on any atom is 0.137 e. The van der Waals surface area contributed by atoms with E-state index in [1.54, 1.807) is 18.2 Å². The summed E-state index contributed by atoms with van der Waals surface area (Å²) in [5.41, 5.74) is 8.37. The third-order valence-electron chi connectivity index (χ3n) is 3.16. The van der Waals surface area contributed by atoms with E-state index in [1.807, 2.05) is 36.4 Å². The van der Waals surface area contributed by atoms with Crippen LogP contribution in [0.5, 0.6) is 5.75 Å². The fourth-order valence-electron chi connectivity index (χ4n) is 2.10. The number of rotatable bonds is 3. The van der Waals surface area contributed by atoms with Crippen molar-refractivity contribution >= 4 is 16.6 Å². The Hall–Kier alpha value is -3.06. The summed E-state index contributed by atoms with van der Waals surface area (Å²) in [7, 11) is 0. The lowest BCUT2D eigenvalue weighted by molar-refractivity contribution is 0.301. The third kappa shape index (κ3) is 2.77. The average Bonchev–Trinajstić information content (AvgIpc) is 2.53. The largest absolute Gasteiger partial charge is 0.486 e. The van der Waals surface area contributed by atoms with Crippen LogP contribution >= 0.6 is 0 Å². The lowest BCUT2D eigenvalue weighted by Crippen LogP contribution is -2.00. The molecule has 0 fully saturated rings. The Morgan fingerprint density at radius 2 is 1.95 bits per heavy atom. The lowest BCUT2D eigenvalue weighted by atomic mass is 10.2. The SMILES string of the molecule is N#Cc1cc(N)ccc1OCc1ccc2ccccc2n1. The number of anilines is 1. The Balaban J connectivity index is 1.82. The highest BCUT2D eigenvalue weighted by Gasteiger charge is 2.05. The van der Waals surface area contributed by atoms with Crippen molar-refractivity contribution in [2.24, 2.45) is 0 Å². The van der Waals surface area contributed by atoms with E-state index >= 15 is 0 Å². The average molecular weight is 275 g/mol. The molecular weight excluding hydrogens is 262 g/mol. The van der Waals surface area contributed by atoms with Crippen LogP contribution in [0.4, 0.5) is 5.69 Å². The van der Waals surface area contributed by atoms with Crippen molar-refractivity contribution in [1.82, 2.24) is 4.98 Å². The first-order valence-electron chi connectivity index (χ1n) is 6.53. The number of hydrogen-bond acceptors (Lipinski definition) is 4. The summed E-state index contributed by atoms with van der Waals surface area (Å²) in [6.45, 7) is 0.309. The van der Waals surface area contributed by atoms with Gasteiger partial charge in [0.15, 0.2) is 0 Å². The summed E-state index contributed by atoms with van der Waals surface area (Å²) in [6, 6.07) is 18.9. The molecule has 0 saturated heterocycles. The highest BCUT2D eigenvalue weighted by atomic mass is 16.5. The van der Waals surface area contributed by atoms with Gasteiger partial charge in [0.25, 0.3) is 0 Å². The maximum atomic E-state index is 9.08. The molecule has 0 aliphatic heterocycles. The summed E-state index contributed by atoms with van der Waals surface area (Å²) < 4.78 is 5.68. The van der Waals surface area contributed by atoms with Crippen LogP contribution in [0.2, 0.25) is 0 Å². The van der Waals surface area contributed by atoms with Crippen LogP contribution in [0, 0.1) is 11.3 Å². The number of aromatic nitrogens is 1. The monoisotopic (exact) mass is 275 g/mol. The fourth-order valence-corrected chi connectivity index (χ4v) is 2.10. The van der Waals surface area contributed by atoms with E-state index in [9.17, 15) is 0 Å². The van der Waals surface area contributed by atoms with Crippen molar-refractivity contribution in [1.29, 1.82) is 5.26 Å². The van der Waals surface area contributed by atoms with Gasteiger partial charge in [-0.25, -0.2) is 4.98 Å². The molecule has 0 aliphatic carbocycles.